The highest BCUT2D eigenvalue weighted by Gasteiger charge is 2.54. The SMILES string of the molecule is Cc1nc(C(=O)N2C[C@@H]3C[C@@H]3[C@H]2CNc2ncc(Br)cn2)c(-c2ccc(F)c(Br)c2)s1. The number of aryl methyl sites for hydroxylation is 1. The van der Waals surface area contributed by atoms with E-state index in [9.17, 15) is 9.18 Å². The zero-order chi connectivity index (χ0) is 21.7. The van der Waals surface area contributed by atoms with Gasteiger partial charge in [-0.2, -0.15) is 0 Å². The van der Waals surface area contributed by atoms with Gasteiger partial charge in [-0.25, -0.2) is 19.3 Å². The summed E-state index contributed by atoms with van der Waals surface area (Å²) in [6.45, 7) is 3.21. The van der Waals surface area contributed by atoms with Gasteiger partial charge in [-0.15, -0.1) is 11.3 Å². The summed E-state index contributed by atoms with van der Waals surface area (Å²) in [5, 5.41) is 4.08. The quantitative estimate of drug-likeness (QED) is 0.463. The van der Waals surface area contributed by atoms with Crippen LogP contribution in [0.1, 0.15) is 21.9 Å². The molecule has 1 N–H and O–H groups in total. The van der Waals surface area contributed by atoms with Gasteiger partial charge in [-0.3, -0.25) is 4.79 Å². The molecule has 3 aromatic rings. The van der Waals surface area contributed by atoms with E-state index in [4.69, 9.17) is 0 Å². The topological polar surface area (TPSA) is 71.0 Å². The predicted molar refractivity (Wildman–Crippen MR) is 125 cm³/mol. The number of rotatable bonds is 5. The first-order valence-electron chi connectivity index (χ1n) is 9.86. The lowest BCUT2D eigenvalue weighted by molar-refractivity contribution is 0.0711. The van der Waals surface area contributed by atoms with Crippen molar-refractivity contribution >= 4 is 55.1 Å². The van der Waals surface area contributed by atoms with E-state index in [0.29, 0.717) is 34.5 Å². The molecule has 0 spiro atoms. The molecule has 1 aliphatic carbocycles. The maximum absolute atomic E-state index is 13.7. The number of halogens is 3. The van der Waals surface area contributed by atoms with Crippen molar-refractivity contribution < 1.29 is 9.18 Å². The van der Waals surface area contributed by atoms with E-state index >= 15 is 0 Å². The molecule has 10 heteroatoms. The molecule has 1 aliphatic heterocycles. The van der Waals surface area contributed by atoms with Crippen LogP contribution in [0.4, 0.5) is 10.3 Å². The number of benzene rings is 1. The number of anilines is 1. The Balaban J connectivity index is 1.39. The lowest BCUT2D eigenvalue weighted by Crippen LogP contribution is -2.42. The van der Waals surface area contributed by atoms with Gasteiger partial charge in [0.05, 0.1) is 24.9 Å². The molecule has 6 nitrogen and oxygen atoms in total. The Labute approximate surface area is 199 Å². The van der Waals surface area contributed by atoms with Crippen LogP contribution in [0.15, 0.2) is 39.5 Å². The molecule has 1 saturated heterocycles. The Morgan fingerprint density at radius 2 is 2.10 bits per heavy atom. The summed E-state index contributed by atoms with van der Waals surface area (Å²) in [5.74, 6) is 1.18. The van der Waals surface area contributed by atoms with Crippen molar-refractivity contribution in [3.8, 4) is 10.4 Å². The van der Waals surface area contributed by atoms with Crippen molar-refractivity contribution in [2.24, 2.45) is 11.8 Å². The molecule has 1 amide bonds. The Bertz CT molecular complexity index is 1160. The van der Waals surface area contributed by atoms with E-state index in [0.717, 1.165) is 32.9 Å². The molecule has 2 aromatic heterocycles. The van der Waals surface area contributed by atoms with Gasteiger partial charge in [0.2, 0.25) is 5.95 Å². The van der Waals surface area contributed by atoms with Gasteiger partial charge in [-0.05, 0) is 74.7 Å². The summed E-state index contributed by atoms with van der Waals surface area (Å²) in [6.07, 6.45) is 4.53. The van der Waals surface area contributed by atoms with E-state index in [1.54, 1.807) is 24.5 Å². The zero-order valence-electron chi connectivity index (χ0n) is 16.5. The molecule has 5 rings (SSSR count). The highest BCUT2D eigenvalue weighted by atomic mass is 79.9. The highest BCUT2D eigenvalue weighted by Crippen LogP contribution is 2.50. The number of thiazole rings is 1. The molecule has 3 atom stereocenters. The molecule has 0 unspecified atom stereocenters. The maximum atomic E-state index is 13.7. The third-order valence-electron chi connectivity index (χ3n) is 5.77. The standard InChI is InChI=1S/C21H18Br2FN5OS/c1-10-28-18(19(31-10)11-2-3-16(24)15(23)5-11)20(30)29-9-12-4-14(12)17(29)8-27-21-25-6-13(22)7-26-21/h2-3,5-7,12,14,17H,4,8-9H2,1H3,(H,25,26,27)/t12-,14-,17+/m0/s1. The fraction of sp³-hybridized carbons (Fsp3) is 0.333. The number of aromatic nitrogens is 3. The van der Waals surface area contributed by atoms with E-state index in [2.05, 4.69) is 52.1 Å². The number of nitrogens with zero attached hydrogens (tertiary/aromatic N) is 4. The Kier molecular flexibility index (Phi) is 5.56. The van der Waals surface area contributed by atoms with Crippen LogP contribution in [0.3, 0.4) is 0 Å². The number of piperidine rings is 1. The summed E-state index contributed by atoms with van der Waals surface area (Å²) >= 11 is 8.03. The third-order valence-corrected chi connectivity index (χ3v) is 7.81. The minimum absolute atomic E-state index is 0.0690. The van der Waals surface area contributed by atoms with Gasteiger partial charge >= 0.3 is 0 Å². The second-order valence-corrected chi connectivity index (χ2v) is 10.8. The molecule has 1 saturated carbocycles. The molecule has 0 bridgehead atoms. The van der Waals surface area contributed by atoms with Crippen LogP contribution in [0.5, 0.6) is 0 Å². The first-order valence-corrected chi connectivity index (χ1v) is 12.3. The zero-order valence-corrected chi connectivity index (χ0v) is 20.5. The van der Waals surface area contributed by atoms with Crippen LogP contribution < -0.4 is 5.32 Å². The first-order chi connectivity index (χ1) is 14.9. The summed E-state index contributed by atoms with van der Waals surface area (Å²) in [7, 11) is 0. The molecular weight excluding hydrogens is 549 g/mol. The Hall–Kier alpha value is -1.91. The van der Waals surface area contributed by atoms with Crippen molar-refractivity contribution in [2.75, 3.05) is 18.4 Å². The average molecular weight is 567 g/mol. The van der Waals surface area contributed by atoms with Crippen molar-refractivity contribution in [3.05, 3.63) is 56.1 Å². The monoisotopic (exact) mass is 565 g/mol. The number of carbonyl (C=O) groups is 1. The fourth-order valence-corrected chi connectivity index (χ4v) is 5.70. The smallest absolute Gasteiger partial charge is 0.274 e. The minimum atomic E-state index is -0.334. The molecule has 2 fully saturated rings. The summed E-state index contributed by atoms with van der Waals surface area (Å²) in [4.78, 5) is 29.3. The Morgan fingerprint density at radius 1 is 1.32 bits per heavy atom. The molecular formula is C21H18Br2FN5OS. The minimum Gasteiger partial charge on any atom is -0.352 e. The average Bonchev–Trinajstić information content (AvgIpc) is 3.27. The molecule has 2 aliphatic rings. The number of amides is 1. The number of fused-ring (bicyclic) bond motifs is 1. The van der Waals surface area contributed by atoms with Gasteiger partial charge in [0.25, 0.3) is 5.91 Å². The first kappa shape index (κ1) is 21.0. The van der Waals surface area contributed by atoms with Crippen LogP contribution in [-0.2, 0) is 0 Å². The Morgan fingerprint density at radius 3 is 2.84 bits per heavy atom. The molecule has 160 valence electrons. The van der Waals surface area contributed by atoms with Gasteiger partial charge in [-0.1, -0.05) is 6.07 Å². The van der Waals surface area contributed by atoms with Gasteiger partial charge in [0.1, 0.15) is 11.5 Å². The van der Waals surface area contributed by atoms with Crippen LogP contribution in [-0.4, -0.2) is 44.9 Å². The third kappa shape index (κ3) is 4.12. The highest BCUT2D eigenvalue weighted by molar-refractivity contribution is 9.10. The van der Waals surface area contributed by atoms with Crippen molar-refractivity contribution in [1.29, 1.82) is 0 Å². The second-order valence-electron chi connectivity index (χ2n) is 7.83. The number of carbonyl (C=O) groups excluding carboxylic acids is 1. The van der Waals surface area contributed by atoms with Crippen molar-refractivity contribution in [1.82, 2.24) is 19.9 Å². The predicted octanol–water partition coefficient (Wildman–Crippen LogP) is 5.15. The normalized spacial score (nSPS) is 21.8. The number of likely N-dealkylation sites (tertiary alicyclic amines) is 1. The van der Waals surface area contributed by atoms with E-state index in [1.807, 2.05) is 11.8 Å². The lowest BCUT2D eigenvalue weighted by Gasteiger charge is -2.27. The largest absolute Gasteiger partial charge is 0.352 e. The van der Waals surface area contributed by atoms with Gasteiger partial charge in [0, 0.05) is 25.5 Å². The van der Waals surface area contributed by atoms with E-state index < -0.39 is 0 Å². The summed E-state index contributed by atoms with van der Waals surface area (Å²) in [6, 6.07) is 4.86. The number of nitrogens with one attached hydrogen (secondary N) is 1. The fourth-order valence-electron chi connectivity index (χ4n) is 4.21. The lowest BCUT2D eigenvalue weighted by atomic mass is 10.1. The van der Waals surface area contributed by atoms with E-state index in [-0.39, 0.29) is 17.8 Å². The van der Waals surface area contributed by atoms with Gasteiger partial charge in [0.15, 0.2) is 0 Å². The van der Waals surface area contributed by atoms with Crippen LogP contribution in [0.2, 0.25) is 0 Å². The molecule has 3 heterocycles. The van der Waals surface area contributed by atoms with Gasteiger partial charge < -0.3 is 10.2 Å². The molecule has 1 aromatic carbocycles. The number of hydrogen-bond acceptors (Lipinski definition) is 6. The summed E-state index contributed by atoms with van der Waals surface area (Å²) in [5.41, 5.74) is 1.22. The van der Waals surface area contributed by atoms with Crippen LogP contribution in [0.25, 0.3) is 10.4 Å². The second kappa shape index (κ2) is 8.22. The van der Waals surface area contributed by atoms with Crippen LogP contribution >= 0.6 is 43.2 Å². The molecule has 31 heavy (non-hydrogen) atoms. The van der Waals surface area contributed by atoms with Crippen molar-refractivity contribution in [3.63, 3.8) is 0 Å². The summed E-state index contributed by atoms with van der Waals surface area (Å²) < 4.78 is 14.9. The maximum Gasteiger partial charge on any atom is 0.274 e. The molecule has 0 radical (unpaired) electrons. The van der Waals surface area contributed by atoms with E-state index in [1.165, 1.54) is 17.4 Å². The number of hydrogen-bond donors (Lipinski definition) is 1. The van der Waals surface area contributed by atoms with Crippen molar-refractivity contribution in [2.45, 2.75) is 19.4 Å². The van der Waals surface area contributed by atoms with Crippen LogP contribution in [0, 0.1) is 24.6 Å².